The van der Waals surface area contributed by atoms with Gasteiger partial charge in [-0.2, -0.15) is 0 Å². The van der Waals surface area contributed by atoms with Gasteiger partial charge in [-0.15, -0.1) is 5.10 Å². The highest BCUT2D eigenvalue weighted by atomic mass is 16.7. The Morgan fingerprint density at radius 3 is 2.36 bits per heavy atom. The molecule has 4 aliphatic rings. The van der Waals surface area contributed by atoms with Crippen molar-refractivity contribution in [3.8, 4) is 0 Å². The summed E-state index contributed by atoms with van der Waals surface area (Å²) in [4.78, 5) is 51.6. The Morgan fingerprint density at radius 1 is 0.878 bits per heavy atom. The van der Waals surface area contributed by atoms with Gasteiger partial charge in [-0.3, -0.25) is 19.6 Å². The van der Waals surface area contributed by atoms with Crippen molar-refractivity contribution >= 4 is 34.4 Å². The van der Waals surface area contributed by atoms with Crippen LogP contribution in [-0.4, -0.2) is 159 Å². The van der Waals surface area contributed by atoms with E-state index in [9.17, 15) is 55.1 Å². The van der Waals surface area contributed by atoms with Gasteiger partial charge >= 0.3 is 11.9 Å². The standard InChI is InChI=1S/C51H68N6O17/c1-28-21-33(47(63)52-25-34-26-56(54-53-34)19-10-9-18-55-20-17-32-23-35(57(67)68)15-16-36(32)55)24-37(44(28)74-50-43(62)42(61)40(59)29(2)69-50)71-51-46(73-49(66)31-13-7-4-8-14-31)45(41(60)39(27-58)72-51)70-38(48(64)65)22-30-11-5-3-6-12-30/h4,7-8,13-17,20,23,26,28-30,33,37-46,50-51,58-62H,3,5-6,9-12,18-19,21-22,24-25,27H2,1-2H3,(H,52,63)(H,64,65)/t28?,29?,33?,37-,38+,39?,40-,41+,42?,43?,44?,45?,46?,50+,51-/m1/s1. The van der Waals surface area contributed by atoms with E-state index >= 15 is 0 Å². The molecule has 74 heavy (non-hydrogen) atoms. The van der Waals surface area contributed by atoms with Crippen LogP contribution in [0.3, 0.4) is 0 Å². The lowest BCUT2D eigenvalue weighted by Gasteiger charge is -2.48. The molecule has 0 spiro atoms. The van der Waals surface area contributed by atoms with Crippen LogP contribution in [0.5, 0.6) is 0 Å². The summed E-state index contributed by atoms with van der Waals surface area (Å²) in [5, 5.41) is 88.4. The summed E-state index contributed by atoms with van der Waals surface area (Å²) >= 11 is 0. The minimum absolute atomic E-state index is 0.0235. The molecule has 23 nitrogen and oxygen atoms in total. The van der Waals surface area contributed by atoms with Crippen molar-refractivity contribution in [3.05, 3.63) is 88.4 Å². The highest BCUT2D eigenvalue weighted by molar-refractivity contribution is 5.89. The number of aliphatic carboxylic acids is 1. The zero-order valence-corrected chi connectivity index (χ0v) is 41.4. The van der Waals surface area contributed by atoms with E-state index in [2.05, 4.69) is 15.6 Å². The first kappa shape index (κ1) is 54.8. The first-order chi connectivity index (χ1) is 35.6. The molecule has 2 aliphatic heterocycles. The first-order valence-corrected chi connectivity index (χ1v) is 25.6. The summed E-state index contributed by atoms with van der Waals surface area (Å²) in [6.07, 6.45) is -9.02. The highest BCUT2D eigenvalue weighted by Crippen LogP contribution is 2.39. The number of esters is 1. The molecule has 8 rings (SSSR count). The van der Waals surface area contributed by atoms with E-state index in [0.717, 1.165) is 55.8 Å². The van der Waals surface area contributed by atoms with Crippen LogP contribution in [0.1, 0.15) is 94.1 Å². The molecule has 2 aromatic heterocycles. The number of unbranched alkanes of at least 4 members (excludes halogenated alkanes) is 1. The summed E-state index contributed by atoms with van der Waals surface area (Å²) in [6.45, 7) is 3.76. The van der Waals surface area contributed by atoms with E-state index < -0.39 is 115 Å². The van der Waals surface area contributed by atoms with Gasteiger partial charge in [0.05, 0.1) is 48.1 Å². The van der Waals surface area contributed by atoms with Crippen molar-refractivity contribution in [2.24, 2.45) is 17.8 Å². The number of non-ortho nitro benzene ring substituents is 1. The molecule has 1 amide bonds. The molecule has 7 N–H and O–H groups in total. The number of ether oxygens (including phenoxy) is 6. The number of rotatable bonds is 21. The van der Waals surface area contributed by atoms with Crippen molar-refractivity contribution in [3.63, 3.8) is 0 Å². The minimum atomic E-state index is -1.71. The number of carbonyl (C=O) groups is 3. The van der Waals surface area contributed by atoms with Gasteiger partial charge in [0.15, 0.2) is 24.8 Å². The molecule has 4 heterocycles. The van der Waals surface area contributed by atoms with Crippen LogP contribution in [0.4, 0.5) is 5.69 Å². The number of hydrogen-bond donors (Lipinski definition) is 7. The number of nitro benzene ring substituents is 1. The normalized spacial score (nSPS) is 31.2. The fourth-order valence-corrected chi connectivity index (χ4v) is 10.7. The number of benzene rings is 2. The van der Waals surface area contributed by atoms with Gasteiger partial charge in [0, 0.05) is 48.2 Å². The summed E-state index contributed by atoms with van der Waals surface area (Å²) < 4.78 is 41.2. The Morgan fingerprint density at radius 2 is 1.64 bits per heavy atom. The zero-order chi connectivity index (χ0) is 52.6. The molecule has 2 aliphatic carbocycles. The second-order valence-electron chi connectivity index (χ2n) is 20.1. The molecule has 2 saturated heterocycles. The van der Waals surface area contributed by atoms with Crippen molar-refractivity contribution < 1.29 is 78.4 Å². The Labute approximate surface area is 426 Å². The van der Waals surface area contributed by atoms with Crippen LogP contribution in [-0.2, 0) is 57.6 Å². The first-order valence-electron chi connectivity index (χ1n) is 25.6. The number of carboxylic acid groups (broad SMARTS) is 1. The maximum absolute atomic E-state index is 14.1. The van der Waals surface area contributed by atoms with Crippen molar-refractivity contribution in [1.29, 1.82) is 0 Å². The SMILES string of the molecule is CC1CC(C(=O)NCc2cn(CCCCn3ccc4cc([N+](=O)[O-])ccc43)nn2)C[C@@H](O[C@@H]2OC(CO)[C@H](O)C(O[C@@H](CC3CCCCC3)C(=O)O)C2OC(=O)c2ccccc2)C1O[C@@H]1OC(C)[C@@H](O)C(O)C1O. The van der Waals surface area contributed by atoms with E-state index in [0.29, 0.717) is 18.8 Å². The van der Waals surface area contributed by atoms with Gasteiger partial charge in [-0.05, 0) is 75.1 Å². The van der Waals surface area contributed by atoms with Gasteiger partial charge in [-0.1, -0.05) is 62.4 Å². The molecule has 9 unspecified atom stereocenters. The third-order valence-corrected chi connectivity index (χ3v) is 14.8. The number of fused-ring (bicyclic) bond motifs is 1. The van der Waals surface area contributed by atoms with Crippen LogP contribution in [0.25, 0.3) is 10.9 Å². The largest absolute Gasteiger partial charge is 0.479 e. The van der Waals surface area contributed by atoms with E-state index in [4.69, 9.17) is 28.4 Å². The summed E-state index contributed by atoms with van der Waals surface area (Å²) in [6, 6.07) is 14.6. The number of carbonyl (C=O) groups excluding carboxylic acids is 2. The van der Waals surface area contributed by atoms with Crippen LogP contribution in [0.2, 0.25) is 0 Å². The average Bonchev–Trinajstić information content (AvgIpc) is 4.04. The van der Waals surface area contributed by atoms with Crippen molar-refractivity contribution in [2.75, 3.05) is 6.61 Å². The maximum atomic E-state index is 14.1. The third kappa shape index (κ3) is 13.1. The van der Waals surface area contributed by atoms with Gasteiger partial charge in [-0.25, -0.2) is 9.59 Å². The number of aromatic nitrogens is 4. The predicted octanol–water partition coefficient (Wildman–Crippen LogP) is 2.99. The fourth-order valence-electron chi connectivity index (χ4n) is 10.7. The quantitative estimate of drug-likeness (QED) is 0.0273. The van der Waals surface area contributed by atoms with Crippen LogP contribution >= 0.6 is 0 Å². The molecule has 404 valence electrons. The lowest BCUT2D eigenvalue weighted by atomic mass is 9.77. The molecular weight excluding hydrogens is 969 g/mol. The number of carboxylic acids is 1. The molecular formula is C51H68N6O17. The van der Waals surface area contributed by atoms with Gasteiger partial charge in [0.2, 0.25) is 5.91 Å². The lowest BCUT2D eigenvalue weighted by Crippen LogP contribution is -2.64. The third-order valence-electron chi connectivity index (χ3n) is 14.8. The highest BCUT2D eigenvalue weighted by Gasteiger charge is 2.54. The number of hydrogen-bond acceptors (Lipinski definition) is 18. The Bertz CT molecular complexity index is 2510. The number of aryl methyl sites for hydroxylation is 2. The smallest absolute Gasteiger partial charge is 0.338 e. The van der Waals surface area contributed by atoms with Gasteiger partial charge in [0.1, 0.15) is 42.3 Å². The number of aliphatic hydroxyl groups is 5. The topological polar surface area (TPSA) is 319 Å². The lowest BCUT2D eigenvalue weighted by molar-refractivity contribution is -0.384. The molecule has 0 radical (unpaired) electrons. The van der Waals surface area contributed by atoms with Crippen molar-refractivity contribution in [2.45, 2.75) is 177 Å². The number of aliphatic hydroxyl groups excluding tert-OH is 5. The molecule has 0 bridgehead atoms. The minimum Gasteiger partial charge on any atom is -0.479 e. The second-order valence-corrected chi connectivity index (χ2v) is 20.1. The van der Waals surface area contributed by atoms with E-state index in [1.807, 2.05) is 16.8 Å². The molecule has 4 fully saturated rings. The Hall–Kier alpha value is -5.47. The summed E-state index contributed by atoms with van der Waals surface area (Å²) in [7, 11) is 0. The second kappa shape index (κ2) is 24.9. The predicted molar refractivity (Wildman–Crippen MR) is 259 cm³/mol. The monoisotopic (exact) mass is 1040 g/mol. The van der Waals surface area contributed by atoms with E-state index in [1.165, 1.54) is 25.1 Å². The molecule has 15 atom stereocenters. The molecule has 23 heteroatoms. The Kier molecular flexibility index (Phi) is 18.4. The summed E-state index contributed by atoms with van der Waals surface area (Å²) in [5.41, 5.74) is 1.54. The van der Waals surface area contributed by atoms with E-state index in [1.54, 1.807) is 48.1 Å². The van der Waals surface area contributed by atoms with Crippen LogP contribution < -0.4 is 5.32 Å². The Balaban J connectivity index is 0.986. The fraction of sp³-hybridized carbons (Fsp3) is 0.627. The number of nitrogens with zero attached hydrogens (tertiary/aromatic N) is 5. The van der Waals surface area contributed by atoms with Crippen LogP contribution in [0, 0.1) is 27.9 Å². The number of nitro groups is 1. The van der Waals surface area contributed by atoms with Crippen molar-refractivity contribution in [1.82, 2.24) is 24.9 Å². The maximum Gasteiger partial charge on any atom is 0.338 e. The number of amides is 1. The summed E-state index contributed by atoms with van der Waals surface area (Å²) in [5.74, 6) is -3.83. The molecule has 4 aromatic rings. The van der Waals surface area contributed by atoms with Crippen LogP contribution in [0.15, 0.2) is 67.0 Å². The molecule has 2 saturated carbocycles. The zero-order valence-electron chi connectivity index (χ0n) is 41.4. The number of nitrogens with one attached hydrogen (secondary N) is 1. The molecule has 2 aromatic carbocycles. The van der Waals surface area contributed by atoms with Gasteiger partial charge < -0.3 is 68.9 Å². The average molecular weight is 1040 g/mol. The van der Waals surface area contributed by atoms with E-state index in [-0.39, 0.29) is 48.9 Å². The van der Waals surface area contributed by atoms with Gasteiger partial charge in [0.25, 0.3) is 5.69 Å².